The van der Waals surface area contributed by atoms with Gasteiger partial charge in [0, 0.05) is 25.7 Å². The van der Waals surface area contributed by atoms with E-state index in [1.165, 1.54) is 0 Å². The van der Waals surface area contributed by atoms with Gasteiger partial charge in [-0.25, -0.2) is 0 Å². The van der Waals surface area contributed by atoms with E-state index < -0.39 is 6.04 Å². The molecule has 4 heteroatoms. The molecular weight excluding hydrogens is 216 g/mol. The highest BCUT2D eigenvalue weighted by molar-refractivity contribution is 5.82. The van der Waals surface area contributed by atoms with Gasteiger partial charge in [0.15, 0.2) is 0 Å². The fourth-order valence-corrected chi connectivity index (χ4v) is 2.61. The van der Waals surface area contributed by atoms with E-state index in [4.69, 9.17) is 0 Å². The van der Waals surface area contributed by atoms with Crippen molar-refractivity contribution in [3.05, 3.63) is 0 Å². The Balaban J connectivity index is 3.11. The summed E-state index contributed by atoms with van der Waals surface area (Å²) >= 11 is 0. The first kappa shape index (κ1) is 14.5. The number of rotatable bonds is 1. The quantitative estimate of drug-likeness (QED) is 0.744. The molecule has 0 bridgehead atoms. The summed E-state index contributed by atoms with van der Waals surface area (Å²) in [6.45, 7) is 12.0. The van der Waals surface area contributed by atoms with Gasteiger partial charge in [-0.05, 0) is 26.2 Å². The van der Waals surface area contributed by atoms with Gasteiger partial charge in [-0.2, -0.15) is 0 Å². The minimum Gasteiger partial charge on any atom is -0.394 e. The van der Waals surface area contributed by atoms with Crippen molar-refractivity contribution in [2.75, 3.05) is 26.7 Å². The van der Waals surface area contributed by atoms with Crippen LogP contribution >= 0.6 is 0 Å². The van der Waals surface area contributed by atoms with Crippen LogP contribution in [0.3, 0.4) is 0 Å². The van der Waals surface area contributed by atoms with Crippen molar-refractivity contribution >= 4 is 5.91 Å². The fourth-order valence-electron chi connectivity index (χ4n) is 2.61. The molecule has 0 radical (unpaired) electrons. The molecule has 0 saturated carbocycles. The Kier molecular flexibility index (Phi) is 3.89. The molecule has 1 aliphatic heterocycles. The van der Waals surface area contributed by atoms with Crippen molar-refractivity contribution in [3.63, 3.8) is 0 Å². The highest BCUT2D eigenvalue weighted by Gasteiger charge is 2.41. The van der Waals surface area contributed by atoms with E-state index in [-0.39, 0.29) is 23.5 Å². The summed E-state index contributed by atoms with van der Waals surface area (Å²) in [5.74, 6) is 0.0213. The van der Waals surface area contributed by atoms with Crippen molar-refractivity contribution in [2.45, 2.75) is 46.2 Å². The normalized spacial score (nSPS) is 27.1. The molecule has 0 spiro atoms. The molecule has 1 fully saturated rings. The number of nitrogens with zero attached hydrogens (tertiary/aromatic N) is 2. The van der Waals surface area contributed by atoms with Crippen LogP contribution in [0.2, 0.25) is 0 Å². The highest BCUT2D eigenvalue weighted by Crippen LogP contribution is 2.29. The molecule has 17 heavy (non-hydrogen) atoms. The molecule has 1 N–H and O–H groups in total. The van der Waals surface area contributed by atoms with E-state index in [9.17, 15) is 9.90 Å². The number of aliphatic hydroxyl groups excluding tert-OH is 1. The van der Waals surface area contributed by atoms with Crippen molar-refractivity contribution in [3.8, 4) is 0 Å². The standard InChI is InChI=1S/C13H26N2O2/c1-12(2,3)15-9-13(4,5)8-14(6)11(17)10(15)7-16/h10,16H,7-9H2,1-6H3. The molecule has 1 aliphatic rings. The molecule has 4 nitrogen and oxygen atoms in total. The van der Waals surface area contributed by atoms with E-state index in [0.29, 0.717) is 0 Å². The van der Waals surface area contributed by atoms with Gasteiger partial charge in [0.25, 0.3) is 0 Å². The predicted molar refractivity (Wildman–Crippen MR) is 68.8 cm³/mol. The largest absolute Gasteiger partial charge is 0.394 e. The average Bonchev–Trinajstić information content (AvgIpc) is 2.22. The number of hydrogen-bond acceptors (Lipinski definition) is 3. The van der Waals surface area contributed by atoms with Crippen LogP contribution in [-0.2, 0) is 4.79 Å². The van der Waals surface area contributed by atoms with Crippen molar-refractivity contribution in [1.29, 1.82) is 0 Å². The topological polar surface area (TPSA) is 43.8 Å². The zero-order valence-corrected chi connectivity index (χ0v) is 11.9. The van der Waals surface area contributed by atoms with Gasteiger partial charge in [-0.15, -0.1) is 0 Å². The number of hydrogen-bond donors (Lipinski definition) is 1. The van der Waals surface area contributed by atoms with E-state index in [0.717, 1.165) is 13.1 Å². The Hall–Kier alpha value is -0.610. The Bertz CT molecular complexity index is 294. The zero-order valence-electron chi connectivity index (χ0n) is 11.9. The summed E-state index contributed by atoms with van der Waals surface area (Å²) in [5, 5.41) is 9.52. The predicted octanol–water partition coefficient (Wildman–Crippen LogP) is 0.946. The Morgan fingerprint density at radius 1 is 1.35 bits per heavy atom. The molecule has 1 heterocycles. The summed E-state index contributed by atoms with van der Waals surface area (Å²) in [7, 11) is 1.82. The molecule has 1 saturated heterocycles. The Morgan fingerprint density at radius 3 is 2.29 bits per heavy atom. The van der Waals surface area contributed by atoms with Crippen LogP contribution in [0.25, 0.3) is 0 Å². The summed E-state index contributed by atoms with van der Waals surface area (Å²) in [6, 6.07) is -0.415. The fraction of sp³-hybridized carbons (Fsp3) is 0.923. The molecule has 0 aliphatic carbocycles. The van der Waals surface area contributed by atoms with E-state index in [1.54, 1.807) is 4.90 Å². The average molecular weight is 242 g/mol. The second-order valence-electron chi connectivity index (χ2n) is 6.86. The summed E-state index contributed by atoms with van der Waals surface area (Å²) < 4.78 is 0. The van der Waals surface area contributed by atoms with Gasteiger partial charge in [0.05, 0.1) is 6.61 Å². The Labute approximate surface area is 105 Å². The van der Waals surface area contributed by atoms with E-state index >= 15 is 0 Å². The minimum absolute atomic E-state index is 0.0213. The van der Waals surface area contributed by atoms with Gasteiger partial charge >= 0.3 is 0 Å². The van der Waals surface area contributed by atoms with Crippen molar-refractivity contribution in [2.24, 2.45) is 5.41 Å². The van der Waals surface area contributed by atoms with Crippen LogP contribution in [0, 0.1) is 5.41 Å². The number of likely N-dealkylation sites (N-methyl/N-ethyl adjacent to an activating group) is 1. The van der Waals surface area contributed by atoms with E-state index in [1.807, 2.05) is 7.05 Å². The van der Waals surface area contributed by atoms with Crippen molar-refractivity contribution < 1.29 is 9.90 Å². The maximum Gasteiger partial charge on any atom is 0.242 e. The smallest absolute Gasteiger partial charge is 0.242 e. The van der Waals surface area contributed by atoms with Gasteiger partial charge in [-0.3, -0.25) is 9.69 Å². The second-order valence-corrected chi connectivity index (χ2v) is 6.86. The summed E-state index contributed by atoms with van der Waals surface area (Å²) in [4.78, 5) is 16.1. The van der Waals surface area contributed by atoms with Crippen LogP contribution in [0.1, 0.15) is 34.6 Å². The summed E-state index contributed by atoms with van der Waals surface area (Å²) in [5.41, 5.74) is -0.0763. The molecule has 0 aromatic rings. The molecule has 0 aromatic heterocycles. The van der Waals surface area contributed by atoms with E-state index in [2.05, 4.69) is 39.5 Å². The number of carbonyl (C=O) groups is 1. The lowest BCUT2D eigenvalue weighted by Crippen LogP contribution is -2.55. The Morgan fingerprint density at radius 2 is 1.88 bits per heavy atom. The molecular formula is C13H26N2O2. The lowest BCUT2D eigenvalue weighted by molar-refractivity contribution is -0.137. The van der Waals surface area contributed by atoms with Crippen LogP contribution in [-0.4, -0.2) is 59.1 Å². The number of aliphatic hydroxyl groups is 1. The molecule has 1 atom stereocenters. The van der Waals surface area contributed by atoms with Gasteiger partial charge < -0.3 is 10.0 Å². The summed E-state index contributed by atoms with van der Waals surface area (Å²) in [6.07, 6.45) is 0. The molecule has 1 unspecified atom stereocenters. The first-order chi connectivity index (χ1) is 7.58. The number of carbonyl (C=O) groups excluding carboxylic acids is 1. The van der Waals surface area contributed by atoms with Gasteiger partial charge in [0.1, 0.15) is 6.04 Å². The van der Waals surface area contributed by atoms with Gasteiger partial charge in [0.2, 0.25) is 5.91 Å². The highest BCUT2D eigenvalue weighted by atomic mass is 16.3. The first-order valence-electron chi connectivity index (χ1n) is 6.21. The zero-order chi connectivity index (χ0) is 13.4. The van der Waals surface area contributed by atoms with Crippen LogP contribution in [0.4, 0.5) is 0 Å². The molecule has 100 valence electrons. The maximum absolute atomic E-state index is 12.2. The van der Waals surface area contributed by atoms with Crippen LogP contribution in [0.15, 0.2) is 0 Å². The third kappa shape index (κ3) is 3.19. The van der Waals surface area contributed by atoms with Crippen molar-refractivity contribution in [1.82, 2.24) is 9.80 Å². The molecule has 1 amide bonds. The third-order valence-corrected chi connectivity index (χ3v) is 3.34. The maximum atomic E-state index is 12.2. The minimum atomic E-state index is -0.415. The molecule has 1 rings (SSSR count). The lowest BCUT2D eigenvalue weighted by atomic mass is 9.90. The number of amides is 1. The third-order valence-electron chi connectivity index (χ3n) is 3.34. The SMILES string of the molecule is CN1CC(C)(C)CN(C(C)(C)C)C(CO)C1=O. The van der Waals surface area contributed by atoms with Crippen LogP contribution < -0.4 is 0 Å². The second kappa shape index (κ2) is 4.58. The molecule has 0 aromatic carbocycles. The van der Waals surface area contributed by atoms with Crippen LogP contribution in [0.5, 0.6) is 0 Å². The monoisotopic (exact) mass is 242 g/mol. The first-order valence-corrected chi connectivity index (χ1v) is 6.21. The lowest BCUT2D eigenvalue weighted by Gasteiger charge is -2.41. The van der Waals surface area contributed by atoms with Gasteiger partial charge in [-0.1, -0.05) is 13.8 Å².